The number of benzene rings is 4. The van der Waals surface area contributed by atoms with Crippen LogP contribution in [0.2, 0.25) is 0 Å². The number of anilines is 1. The number of halogens is 2. The van der Waals surface area contributed by atoms with Gasteiger partial charge in [-0.15, -0.1) is 10.2 Å². The summed E-state index contributed by atoms with van der Waals surface area (Å²) in [7, 11) is -7.48. The Kier molecular flexibility index (Phi) is 9.78. The van der Waals surface area contributed by atoms with Gasteiger partial charge in [0.1, 0.15) is 15.9 Å². The maximum atomic E-state index is 12.8. The van der Waals surface area contributed by atoms with Gasteiger partial charge < -0.3 is 13.9 Å². The molecule has 0 aliphatic carbocycles. The van der Waals surface area contributed by atoms with Crippen molar-refractivity contribution in [3.05, 3.63) is 154 Å². The minimum Gasteiger partial charge on any atom is -0.416 e. The molecule has 2 aliphatic heterocycles. The van der Waals surface area contributed by atoms with Crippen LogP contribution < -0.4 is 50.4 Å². The summed E-state index contributed by atoms with van der Waals surface area (Å²) in [5.41, 5.74) is 3.13. The van der Waals surface area contributed by atoms with Crippen LogP contribution in [0.4, 0.5) is 5.88 Å². The second-order valence-electron chi connectivity index (χ2n) is 12.3. The van der Waals surface area contributed by atoms with Crippen LogP contribution in [0.5, 0.6) is 0 Å². The molecule has 8 rings (SSSR count). The average Bonchev–Trinajstić information content (AvgIpc) is 3.56. The maximum Gasteiger partial charge on any atom is 0.262 e. The van der Waals surface area contributed by atoms with Crippen molar-refractivity contribution in [1.82, 2.24) is 9.55 Å². The molecule has 0 saturated carbocycles. The van der Waals surface area contributed by atoms with Crippen LogP contribution in [0.25, 0.3) is 11.5 Å². The van der Waals surface area contributed by atoms with Crippen molar-refractivity contribution < 1.29 is 33.3 Å². The summed E-state index contributed by atoms with van der Waals surface area (Å²) in [5, 5.41) is 3.69. The zero-order valence-corrected chi connectivity index (χ0v) is 29.9. The fraction of sp³-hybridized carbons (Fsp3) is 0.158. The molecule has 2 atom stereocenters. The normalized spacial score (nSPS) is 17.0. The monoisotopic (exact) mass is 771 g/mol. The van der Waals surface area contributed by atoms with E-state index in [-0.39, 0.29) is 11.5 Å². The molecule has 9 nitrogen and oxygen atoms in total. The van der Waals surface area contributed by atoms with Gasteiger partial charge in [-0.25, -0.2) is 18.6 Å². The fourth-order valence-electron chi connectivity index (χ4n) is 7.28. The maximum absolute atomic E-state index is 12.8. The Labute approximate surface area is 300 Å². The summed E-state index contributed by atoms with van der Waals surface area (Å²) in [6.45, 7) is 2.29. The summed E-state index contributed by atoms with van der Waals surface area (Å²) < 4.78 is 44.0. The van der Waals surface area contributed by atoms with Crippen LogP contribution in [0.1, 0.15) is 18.0 Å². The van der Waals surface area contributed by atoms with Crippen LogP contribution in [-0.2, 0) is 6.54 Å². The largest absolute Gasteiger partial charge is 0.416 e. The zero-order chi connectivity index (χ0) is 34.9. The zero-order valence-electron chi connectivity index (χ0n) is 26.7. The first-order chi connectivity index (χ1) is 24.1. The molecule has 50 heavy (non-hydrogen) atoms. The fourth-order valence-corrected chi connectivity index (χ4v) is 11.7. The predicted octanol–water partition coefficient (Wildman–Crippen LogP) is 1.75. The van der Waals surface area contributed by atoms with Gasteiger partial charge in [0.05, 0.1) is 0 Å². The van der Waals surface area contributed by atoms with Gasteiger partial charge in [-0.3, -0.25) is 4.79 Å². The highest BCUT2D eigenvalue weighted by Gasteiger charge is 2.54. The highest BCUT2D eigenvalue weighted by molar-refractivity contribution is 9.10. The number of nitrogens with zero attached hydrogens (tertiary/aromatic N) is 3. The van der Waals surface area contributed by atoms with E-state index in [1.165, 1.54) is 15.9 Å². The number of oxazole rings is 1. The summed E-state index contributed by atoms with van der Waals surface area (Å²) in [6, 6.07) is 46.4. The Bertz CT molecular complexity index is 2020. The second-order valence-corrected chi connectivity index (χ2v) is 17.3. The number of piperidine rings is 1. The van der Waals surface area contributed by atoms with E-state index in [9.17, 15) is 4.79 Å². The third-order valence-corrected chi connectivity index (χ3v) is 13.9. The number of hydrogen-bond acceptors (Lipinski definition) is 8. The molecule has 0 unspecified atom stereocenters. The minimum atomic E-state index is -4.94. The van der Waals surface area contributed by atoms with Crippen molar-refractivity contribution in [2.45, 2.75) is 18.9 Å². The van der Waals surface area contributed by atoms with Gasteiger partial charge in [-0.05, 0) is 79.1 Å². The van der Waals surface area contributed by atoms with Crippen molar-refractivity contribution >= 4 is 50.4 Å². The molecule has 0 amide bonds. The SMILES string of the molecule is O=c1cccc2n1C[C@H]1C[C@H]2CN(c2oc(-c3ccc(Br)cc3)nc2[P+](c2ccccc2)(c2ccccc2)c2ccccc2)C1.[O-][Cl+3]([O-])([O-])[O-]. The van der Waals surface area contributed by atoms with Crippen molar-refractivity contribution in [2.75, 3.05) is 18.0 Å². The highest BCUT2D eigenvalue weighted by Crippen LogP contribution is 2.56. The third kappa shape index (κ3) is 6.93. The standard InChI is InChI=1S/C38H32BrN3O2P.ClHO4/c39-30-21-19-28(20-22-30)36-40-37(38(44-36)41-24-27-23-29(26-41)34-17-10-18-35(43)42(34)25-27)45(31-11-4-1-5-12-31,32-13-6-2-7-14-32)33-15-8-3-9-16-33;2-1(3,4)5/h1-22,27,29H,23-26H2;(H,2,3,4,5)/q+1;/p-1/t27-,29-;/m0./s1. The molecule has 0 radical (unpaired) electrons. The van der Waals surface area contributed by atoms with Gasteiger partial charge in [-0.2, -0.15) is 4.98 Å². The van der Waals surface area contributed by atoms with Gasteiger partial charge in [0.25, 0.3) is 16.9 Å². The Hall–Kier alpha value is -4.12. The van der Waals surface area contributed by atoms with Crippen LogP contribution in [0.15, 0.2) is 147 Å². The van der Waals surface area contributed by atoms with Crippen LogP contribution in [0.3, 0.4) is 0 Å². The first kappa shape index (κ1) is 34.3. The van der Waals surface area contributed by atoms with Gasteiger partial charge in [-0.1, -0.05) is 76.6 Å². The molecule has 1 fully saturated rings. The van der Waals surface area contributed by atoms with Gasteiger partial charge in [0.15, 0.2) is 7.26 Å². The molecule has 12 heteroatoms. The van der Waals surface area contributed by atoms with Gasteiger partial charge in [0, 0.05) is 47.3 Å². The molecule has 4 aromatic carbocycles. The Morgan fingerprint density at radius 1 is 0.700 bits per heavy atom. The third-order valence-electron chi connectivity index (χ3n) is 9.20. The Morgan fingerprint density at radius 3 is 1.78 bits per heavy atom. The number of hydrogen-bond donors (Lipinski definition) is 0. The summed E-state index contributed by atoms with van der Waals surface area (Å²) in [6.07, 6.45) is 1.07. The molecule has 4 heterocycles. The van der Waals surface area contributed by atoms with Crippen LogP contribution in [-0.4, -0.2) is 22.6 Å². The lowest BCUT2D eigenvalue weighted by Crippen LogP contribution is -2.68. The lowest BCUT2D eigenvalue weighted by Gasteiger charge is -2.42. The Morgan fingerprint density at radius 2 is 1.24 bits per heavy atom. The van der Waals surface area contributed by atoms with E-state index in [1.807, 2.05) is 22.8 Å². The van der Waals surface area contributed by atoms with Crippen molar-refractivity contribution in [3.63, 3.8) is 0 Å². The first-order valence-corrected chi connectivity index (χ1v) is 19.8. The highest BCUT2D eigenvalue weighted by atomic mass is 79.9. The van der Waals surface area contributed by atoms with Crippen LogP contribution >= 0.6 is 23.2 Å². The molecule has 0 spiro atoms. The van der Waals surface area contributed by atoms with E-state index in [4.69, 9.17) is 28.0 Å². The average molecular weight is 773 g/mol. The smallest absolute Gasteiger partial charge is 0.262 e. The van der Waals surface area contributed by atoms with E-state index < -0.39 is 17.5 Å². The second kappa shape index (κ2) is 14.2. The topological polar surface area (TPSA) is 144 Å². The van der Waals surface area contributed by atoms with E-state index >= 15 is 0 Å². The minimum absolute atomic E-state index is 0.0932. The lowest BCUT2D eigenvalue weighted by atomic mass is 9.83. The molecule has 1 saturated heterocycles. The first-order valence-electron chi connectivity index (χ1n) is 16.0. The summed E-state index contributed by atoms with van der Waals surface area (Å²) in [5.74, 6) is 2.02. The van der Waals surface area contributed by atoms with E-state index in [0.29, 0.717) is 11.8 Å². The summed E-state index contributed by atoms with van der Waals surface area (Å²) in [4.78, 5) is 20.7. The number of rotatable bonds is 6. The quantitative estimate of drug-likeness (QED) is 0.233. The van der Waals surface area contributed by atoms with Crippen molar-refractivity contribution in [3.8, 4) is 11.5 Å². The predicted molar refractivity (Wildman–Crippen MR) is 188 cm³/mol. The molecule has 2 aromatic heterocycles. The molecule has 2 aliphatic rings. The molecular formula is C38H32BrClN3O6P. The molecule has 254 valence electrons. The van der Waals surface area contributed by atoms with E-state index in [2.05, 4.69) is 130 Å². The number of aromatic nitrogens is 2. The molecular weight excluding hydrogens is 741 g/mol. The van der Waals surface area contributed by atoms with Crippen molar-refractivity contribution in [2.24, 2.45) is 5.92 Å². The van der Waals surface area contributed by atoms with Gasteiger partial charge >= 0.3 is 0 Å². The van der Waals surface area contributed by atoms with Crippen molar-refractivity contribution in [1.29, 1.82) is 0 Å². The molecule has 0 N–H and O–H groups in total. The number of fused-ring (bicyclic) bond motifs is 4. The van der Waals surface area contributed by atoms with E-state index in [0.717, 1.165) is 53.1 Å². The Balaban J connectivity index is 0.000000734. The summed E-state index contributed by atoms with van der Waals surface area (Å²) >= 11 is 3.59. The van der Waals surface area contributed by atoms with Gasteiger partial charge in [0.2, 0.25) is 5.89 Å². The van der Waals surface area contributed by atoms with Crippen LogP contribution in [0, 0.1) is 16.2 Å². The lowest BCUT2D eigenvalue weighted by molar-refractivity contribution is -2.00. The van der Waals surface area contributed by atoms with E-state index in [1.54, 1.807) is 6.07 Å². The molecule has 2 bridgehead atoms. The number of pyridine rings is 1. The molecule has 6 aromatic rings.